The number of piperidine rings is 1. The lowest BCUT2D eigenvalue weighted by atomic mass is 9.95. The first-order valence-corrected chi connectivity index (χ1v) is 8.39. The highest BCUT2D eigenvalue weighted by Crippen LogP contribution is 2.21. The van der Waals surface area contributed by atoms with E-state index in [0.29, 0.717) is 12.3 Å². The largest absolute Gasteiger partial charge is 0.370 e. The number of thioether (sulfide) groups is 1. The summed E-state index contributed by atoms with van der Waals surface area (Å²) in [5.41, 5.74) is 5.31. The Balaban J connectivity index is 2.55. The van der Waals surface area contributed by atoms with Crippen LogP contribution in [0.25, 0.3) is 0 Å². The molecule has 116 valence electrons. The zero-order valence-corrected chi connectivity index (χ0v) is 13.9. The maximum Gasteiger partial charge on any atom is 0.217 e. The molecular formula is C14H28N4OS. The van der Waals surface area contributed by atoms with Crippen LogP contribution in [-0.4, -0.2) is 54.5 Å². The standard InChI is InChI=1S/C14H28N4OS/c1-14(2,20-4)10-17-13(16-3)18-7-5-6-11(9-18)8-12(15)19/h11H,5-10H2,1-4H3,(H2,15,19)(H,16,17). The summed E-state index contributed by atoms with van der Waals surface area (Å²) >= 11 is 1.84. The van der Waals surface area contributed by atoms with Gasteiger partial charge >= 0.3 is 0 Å². The average Bonchev–Trinajstić information content (AvgIpc) is 2.39. The quantitative estimate of drug-likeness (QED) is 0.593. The molecule has 20 heavy (non-hydrogen) atoms. The molecule has 0 radical (unpaired) electrons. The number of nitrogens with two attached hydrogens (primary N) is 1. The fourth-order valence-electron chi connectivity index (χ4n) is 2.40. The van der Waals surface area contributed by atoms with Crippen LogP contribution in [0.2, 0.25) is 0 Å². The number of hydrogen-bond acceptors (Lipinski definition) is 3. The Kier molecular flexibility index (Phi) is 6.65. The number of carbonyl (C=O) groups excluding carboxylic acids is 1. The van der Waals surface area contributed by atoms with Crippen molar-refractivity contribution in [2.75, 3.05) is 32.9 Å². The van der Waals surface area contributed by atoms with Crippen LogP contribution in [0, 0.1) is 5.92 Å². The van der Waals surface area contributed by atoms with E-state index in [1.54, 1.807) is 0 Å². The molecule has 1 aliphatic rings. The van der Waals surface area contributed by atoms with Gasteiger partial charge < -0.3 is 16.0 Å². The number of hydrogen-bond donors (Lipinski definition) is 2. The summed E-state index contributed by atoms with van der Waals surface area (Å²) in [5, 5.41) is 3.44. The van der Waals surface area contributed by atoms with Gasteiger partial charge in [-0.3, -0.25) is 9.79 Å². The van der Waals surface area contributed by atoms with E-state index in [1.165, 1.54) is 0 Å². The first-order valence-electron chi connectivity index (χ1n) is 7.17. The third-order valence-electron chi connectivity index (χ3n) is 3.74. The van der Waals surface area contributed by atoms with Crippen LogP contribution in [0.15, 0.2) is 4.99 Å². The minimum absolute atomic E-state index is 0.179. The van der Waals surface area contributed by atoms with Crippen LogP contribution in [0.1, 0.15) is 33.1 Å². The molecule has 1 amide bonds. The molecule has 0 aliphatic carbocycles. The smallest absolute Gasteiger partial charge is 0.217 e. The van der Waals surface area contributed by atoms with Gasteiger partial charge in [0.2, 0.25) is 5.91 Å². The molecule has 0 saturated carbocycles. The minimum atomic E-state index is -0.205. The molecule has 5 nitrogen and oxygen atoms in total. The molecule has 0 aromatic carbocycles. The molecule has 1 rings (SSSR count). The van der Waals surface area contributed by atoms with Gasteiger partial charge in [0.05, 0.1) is 0 Å². The van der Waals surface area contributed by atoms with Crippen molar-refractivity contribution in [2.45, 2.75) is 37.9 Å². The Morgan fingerprint density at radius 2 is 2.25 bits per heavy atom. The number of primary amides is 1. The van der Waals surface area contributed by atoms with E-state index in [-0.39, 0.29) is 10.7 Å². The Morgan fingerprint density at radius 1 is 1.55 bits per heavy atom. The maximum atomic E-state index is 11.1. The van der Waals surface area contributed by atoms with E-state index in [4.69, 9.17) is 5.73 Å². The van der Waals surface area contributed by atoms with Crippen molar-refractivity contribution in [3.8, 4) is 0 Å². The van der Waals surface area contributed by atoms with Crippen molar-refractivity contribution in [3.05, 3.63) is 0 Å². The summed E-state index contributed by atoms with van der Waals surface area (Å²) in [6.45, 7) is 7.16. The van der Waals surface area contributed by atoms with Gasteiger partial charge in [0, 0.05) is 37.8 Å². The summed E-state index contributed by atoms with van der Waals surface area (Å²) in [6.07, 6.45) is 4.76. The third-order valence-corrected chi connectivity index (χ3v) is 4.99. The number of nitrogens with zero attached hydrogens (tertiary/aromatic N) is 2. The summed E-state index contributed by atoms with van der Waals surface area (Å²) in [7, 11) is 1.81. The van der Waals surface area contributed by atoms with Gasteiger partial charge in [0.25, 0.3) is 0 Å². The first kappa shape index (κ1) is 17.1. The van der Waals surface area contributed by atoms with E-state index in [0.717, 1.165) is 38.4 Å². The number of amides is 1. The fraction of sp³-hybridized carbons (Fsp3) is 0.857. The molecule has 0 aromatic heterocycles. The molecule has 6 heteroatoms. The second-order valence-electron chi connectivity index (χ2n) is 5.99. The second-order valence-corrected chi connectivity index (χ2v) is 7.50. The predicted molar refractivity (Wildman–Crippen MR) is 87.1 cm³/mol. The van der Waals surface area contributed by atoms with E-state index < -0.39 is 0 Å². The van der Waals surface area contributed by atoms with Crippen molar-refractivity contribution >= 4 is 23.6 Å². The number of aliphatic imine (C=N–C) groups is 1. The maximum absolute atomic E-state index is 11.1. The highest BCUT2D eigenvalue weighted by molar-refractivity contribution is 7.99. The number of nitrogens with one attached hydrogen (secondary N) is 1. The molecule has 1 heterocycles. The Labute approximate surface area is 126 Å². The van der Waals surface area contributed by atoms with Gasteiger partial charge in [0.15, 0.2) is 5.96 Å². The number of guanidine groups is 1. The summed E-state index contributed by atoms with van der Waals surface area (Å²) in [6, 6.07) is 0. The molecule has 1 fully saturated rings. The fourth-order valence-corrected chi connectivity index (χ4v) is 2.62. The summed E-state index contributed by atoms with van der Waals surface area (Å²) < 4.78 is 0.179. The number of rotatable bonds is 5. The molecule has 0 bridgehead atoms. The van der Waals surface area contributed by atoms with Gasteiger partial charge in [-0.1, -0.05) is 0 Å². The molecule has 3 N–H and O–H groups in total. The minimum Gasteiger partial charge on any atom is -0.370 e. The van der Waals surface area contributed by atoms with Crippen molar-refractivity contribution in [2.24, 2.45) is 16.6 Å². The van der Waals surface area contributed by atoms with Crippen LogP contribution >= 0.6 is 11.8 Å². The lowest BCUT2D eigenvalue weighted by Crippen LogP contribution is -2.49. The summed E-state index contributed by atoms with van der Waals surface area (Å²) in [4.78, 5) is 17.7. The molecule has 1 atom stereocenters. The average molecular weight is 300 g/mol. The Bertz CT molecular complexity index is 357. The number of carbonyl (C=O) groups is 1. The Hall–Kier alpha value is -0.910. The van der Waals surface area contributed by atoms with Gasteiger partial charge in [-0.25, -0.2) is 0 Å². The van der Waals surface area contributed by atoms with E-state index in [1.807, 2.05) is 18.8 Å². The van der Waals surface area contributed by atoms with Crippen molar-refractivity contribution < 1.29 is 4.79 Å². The highest BCUT2D eigenvalue weighted by atomic mass is 32.2. The van der Waals surface area contributed by atoms with Crippen molar-refractivity contribution in [1.82, 2.24) is 10.2 Å². The van der Waals surface area contributed by atoms with Gasteiger partial charge in [-0.15, -0.1) is 0 Å². The lowest BCUT2D eigenvalue weighted by molar-refractivity contribution is -0.119. The van der Waals surface area contributed by atoms with E-state index in [9.17, 15) is 4.79 Å². The third kappa shape index (κ3) is 5.61. The Morgan fingerprint density at radius 3 is 2.80 bits per heavy atom. The zero-order chi connectivity index (χ0) is 15.2. The predicted octanol–water partition coefficient (Wildman–Crippen LogP) is 1.29. The van der Waals surface area contributed by atoms with E-state index >= 15 is 0 Å². The van der Waals surface area contributed by atoms with Crippen LogP contribution in [0.4, 0.5) is 0 Å². The molecule has 1 unspecified atom stereocenters. The van der Waals surface area contributed by atoms with Crippen molar-refractivity contribution in [3.63, 3.8) is 0 Å². The van der Waals surface area contributed by atoms with Gasteiger partial charge in [-0.05, 0) is 38.9 Å². The van der Waals surface area contributed by atoms with Crippen molar-refractivity contribution in [1.29, 1.82) is 0 Å². The first-order chi connectivity index (χ1) is 9.38. The van der Waals surface area contributed by atoms with Crippen LogP contribution in [0.3, 0.4) is 0 Å². The van der Waals surface area contributed by atoms with E-state index in [2.05, 4.69) is 35.3 Å². The molecule has 1 aliphatic heterocycles. The summed E-state index contributed by atoms with van der Waals surface area (Å²) in [5.74, 6) is 1.08. The molecule has 0 spiro atoms. The van der Waals surface area contributed by atoms with Crippen LogP contribution in [0.5, 0.6) is 0 Å². The zero-order valence-electron chi connectivity index (χ0n) is 13.1. The normalized spacial score (nSPS) is 20.9. The SMILES string of the molecule is CN=C(NCC(C)(C)SC)N1CCCC(CC(N)=O)C1. The molecule has 1 saturated heterocycles. The van der Waals surface area contributed by atoms with Crippen LogP contribution < -0.4 is 11.1 Å². The molecular weight excluding hydrogens is 272 g/mol. The molecule has 0 aromatic rings. The topological polar surface area (TPSA) is 70.7 Å². The highest BCUT2D eigenvalue weighted by Gasteiger charge is 2.24. The monoisotopic (exact) mass is 300 g/mol. The number of likely N-dealkylation sites (tertiary alicyclic amines) is 1. The van der Waals surface area contributed by atoms with Gasteiger partial charge in [0.1, 0.15) is 0 Å². The lowest BCUT2D eigenvalue weighted by Gasteiger charge is -2.35. The van der Waals surface area contributed by atoms with Gasteiger partial charge in [-0.2, -0.15) is 11.8 Å². The second kappa shape index (κ2) is 7.76. The van der Waals surface area contributed by atoms with Crippen LogP contribution in [-0.2, 0) is 4.79 Å².